The molecule has 0 aliphatic rings. The number of aromatic hydroxyl groups is 2. The lowest BCUT2D eigenvalue weighted by molar-refractivity contribution is 0.331. The number of allylic oxidation sites excluding steroid dienone is 3. The van der Waals surface area contributed by atoms with Crippen LogP contribution in [0.25, 0.3) is 0 Å². The number of aliphatic hydroxyl groups excluding tert-OH is 1. The normalized spacial score (nSPS) is 12.8. The second-order valence-corrected chi connectivity index (χ2v) is 4.81. The van der Waals surface area contributed by atoms with Crippen molar-refractivity contribution in [2.45, 2.75) is 33.1 Å². The van der Waals surface area contributed by atoms with Crippen molar-refractivity contribution in [2.24, 2.45) is 0 Å². The Balaban J connectivity index is 2.53. The average molecular weight is 262 g/mol. The van der Waals surface area contributed by atoms with E-state index in [1.807, 2.05) is 19.9 Å². The summed E-state index contributed by atoms with van der Waals surface area (Å²) >= 11 is 0. The van der Waals surface area contributed by atoms with E-state index in [-0.39, 0.29) is 18.1 Å². The molecule has 3 N–H and O–H groups in total. The molecular weight excluding hydrogens is 240 g/mol. The van der Waals surface area contributed by atoms with Gasteiger partial charge in [-0.2, -0.15) is 0 Å². The van der Waals surface area contributed by atoms with Crippen LogP contribution in [0.2, 0.25) is 0 Å². The Morgan fingerprint density at radius 3 is 2.53 bits per heavy atom. The van der Waals surface area contributed by atoms with E-state index in [2.05, 4.69) is 6.08 Å². The van der Waals surface area contributed by atoms with Crippen LogP contribution in [0, 0.1) is 0 Å². The Hall–Kier alpha value is -1.74. The van der Waals surface area contributed by atoms with Gasteiger partial charge in [-0.05, 0) is 51.3 Å². The summed E-state index contributed by atoms with van der Waals surface area (Å²) in [7, 11) is 0. The fourth-order valence-corrected chi connectivity index (χ4v) is 1.73. The molecule has 3 nitrogen and oxygen atoms in total. The Bertz CT molecular complexity index is 473. The molecule has 0 saturated carbocycles. The molecule has 0 aliphatic heterocycles. The molecule has 0 atom stereocenters. The molecule has 0 amide bonds. The van der Waals surface area contributed by atoms with Crippen LogP contribution in [0.3, 0.4) is 0 Å². The van der Waals surface area contributed by atoms with Gasteiger partial charge in [-0.25, -0.2) is 0 Å². The molecule has 3 heteroatoms. The minimum absolute atomic E-state index is 0.111. The van der Waals surface area contributed by atoms with Crippen molar-refractivity contribution >= 4 is 0 Å². The topological polar surface area (TPSA) is 60.7 Å². The Morgan fingerprint density at radius 2 is 1.84 bits per heavy atom. The van der Waals surface area contributed by atoms with Gasteiger partial charge in [0.25, 0.3) is 0 Å². The maximum absolute atomic E-state index is 9.65. The molecule has 0 radical (unpaired) electrons. The van der Waals surface area contributed by atoms with E-state index >= 15 is 0 Å². The average Bonchev–Trinajstić information content (AvgIpc) is 2.39. The van der Waals surface area contributed by atoms with Crippen molar-refractivity contribution in [1.29, 1.82) is 0 Å². The molecule has 0 spiro atoms. The van der Waals surface area contributed by atoms with Gasteiger partial charge in [-0.15, -0.1) is 0 Å². The van der Waals surface area contributed by atoms with Crippen LogP contribution in [0.5, 0.6) is 11.5 Å². The molecule has 0 unspecified atom stereocenters. The largest absolute Gasteiger partial charge is 0.508 e. The highest BCUT2D eigenvalue weighted by Crippen LogP contribution is 2.23. The minimum Gasteiger partial charge on any atom is -0.508 e. The Kier molecular flexibility index (Phi) is 6.16. The maximum Gasteiger partial charge on any atom is 0.119 e. The van der Waals surface area contributed by atoms with Crippen molar-refractivity contribution in [2.75, 3.05) is 6.61 Å². The zero-order valence-electron chi connectivity index (χ0n) is 11.6. The van der Waals surface area contributed by atoms with Crippen molar-refractivity contribution in [1.82, 2.24) is 0 Å². The molecule has 0 aliphatic carbocycles. The molecule has 1 aromatic carbocycles. The summed E-state index contributed by atoms with van der Waals surface area (Å²) in [5, 5.41) is 27.9. The van der Waals surface area contributed by atoms with Gasteiger partial charge in [0.2, 0.25) is 0 Å². The predicted octanol–water partition coefficient (Wildman–Crippen LogP) is 3.31. The van der Waals surface area contributed by atoms with Gasteiger partial charge >= 0.3 is 0 Å². The van der Waals surface area contributed by atoms with Gasteiger partial charge in [-0.1, -0.05) is 23.3 Å². The summed E-state index contributed by atoms with van der Waals surface area (Å²) in [6, 6.07) is 4.55. The molecule has 0 heterocycles. The first-order valence-electron chi connectivity index (χ1n) is 6.46. The number of benzene rings is 1. The smallest absolute Gasteiger partial charge is 0.119 e. The van der Waals surface area contributed by atoms with Crippen LogP contribution in [0.15, 0.2) is 41.5 Å². The summed E-state index contributed by atoms with van der Waals surface area (Å²) in [6.45, 7) is 4.06. The molecular formula is C16H22O3. The number of rotatable bonds is 6. The van der Waals surface area contributed by atoms with Crippen LogP contribution in [-0.2, 0) is 6.42 Å². The number of phenols is 2. The van der Waals surface area contributed by atoms with Crippen molar-refractivity contribution < 1.29 is 15.3 Å². The van der Waals surface area contributed by atoms with Crippen LogP contribution in [-0.4, -0.2) is 21.9 Å². The lowest BCUT2D eigenvalue weighted by Gasteiger charge is -2.04. The summed E-state index contributed by atoms with van der Waals surface area (Å²) in [6.07, 6.45) is 6.52. The van der Waals surface area contributed by atoms with E-state index in [0.717, 1.165) is 24.0 Å². The van der Waals surface area contributed by atoms with Gasteiger partial charge in [-0.3, -0.25) is 0 Å². The third-order valence-corrected chi connectivity index (χ3v) is 3.01. The second-order valence-electron chi connectivity index (χ2n) is 4.81. The van der Waals surface area contributed by atoms with Crippen LogP contribution in [0.1, 0.15) is 32.3 Å². The van der Waals surface area contributed by atoms with Crippen LogP contribution >= 0.6 is 0 Å². The molecule has 0 aromatic heterocycles. The van der Waals surface area contributed by atoms with Crippen LogP contribution in [0.4, 0.5) is 0 Å². The highest BCUT2D eigenvalue weighted by molar-refractivity contribution is 5.39. The molecule has 104 valence electrons. The highest BCUT2D eigenvalue weighted by atomic mass is 16.3. The summed E-state index contributed by atoms with van der Waals surface area (Å²) < 4.78 is 0. The second kappa shape index (κ2) is 7.64. The SMILES string of the molecule is CC(=CCCC(C)=CCc1cc(O)ccc1O)CO. The fourth-order valence-electron chi connectivity index (χ4n) is 1.73. The zero-order chi connectivity index (χ0) is 14.3. The first-order valence-corrected chi connectivity index (χ1v) is 6.46. The fraction of sp³-hybridized carbons (Fsp3) is 0.375. The third-order valence-electron chi connectivity index (χ3n) is 3.01. The van der Waals surface area contributed by atoms with Gasteiger partial charge in [0.1, 0.15) is 11.5 Å². The quantitative estimate of drug-likeness (QED) is 0.544. The monoisotopic (exact) mass is 262 g/mol. The summed E-state index contributed by atoms with van der Waals surface area (Å²) in [4.78, 5) is 0. The maximum atomic E-state index is 9.65. The minimum atomic E-state index is 0.111. The first-order chi connectivity index (χ1) is 9.02. The van der Waals surface area contributed by atoms with E-state index in [1.54, 1.807) is 6.07 Å². The lowest BCUT2D eigenvalue weighted by Crippen LogP contribution is -1.86. The van der Waals surface area contributed by atoms with E-state index in [1.165, 1.54) is 17.7 Å². The van der Waals surface area contributed by atoms with Gasteiger partial charge < -0.3 is 15.3 Å². The third kappa shape index (κ3) is 5.62. The molecule has 1 aromatic rings. The number of hydrogen-bond acceptors (Lipinski definition) is 3. The van der Waals surface area contributed by atoms with E-state index in [9.17, 15) is 10.2 Å². The Morgan fingerprint density at radius 1 is 1.11 bits per heavy atom. The molecule has 19 heavy (non-hydrogen) atoms. The lowest BCUT2D eigenvalue weighted by atomic mass is 10.1. The zero-order valence-corrected chi connectivity index (χ0v) is 11.6. The number of aliphatic hydroxyl groups is 1. The van der Waals surface area contributed by atoms with Crippen molar-refractivity contribution in [3.8, 4) is 11.5 Å². The molecule has 0 fully saturated rings. The first kappa shape index (κ1) is 15.3. The van der Waals surface area contributed by atoms with Gasteiger partial charge in [0.15, 0.2) is 0 Å². The van der Waals surface area contributed by atoms with E-state index in [0.29, 0.717) is 6.42 Å². The standard InChI is InChI=1S/C16H22O3/c1-12(4-3-5-13(2)11-17)6-7-14-10-15(18)8-9-16(14)19/h5-6,8-10,17-19H,3-4,7,11H2,1-2H3. The van der Waals surface area contributed by atoms with Crippen molar-refractivity contribution in [3.63, 3.8) is 0 Å². The summed E-state index contributed by atoms with van der Waals surface area (Å²) in [5.74, 6) is 0.373. The highest BCUT2D eigenvalue weighted by Gasteiger charge is 2.01. The molecule has 1 rings (SSSR count). The Labute approximate surface area is 114 Å². The van der Waals surface area contributed by atoms with E-state index < -0.39 is 0 Å². The molecule has 0 saturated heterocycles. The van der Waals surface area contributed by atoms with Crippen molar-refractivity contribution in [3.05, 3.63) is 47.1 Å². The number of phenolic OH excluding ortho intramolecular Hbond substituents is 2. The predicted molar refractivity (Wildman–Crippen MR) is 77.3 cm³/mol. The number of hydrogen-bond donors (Lipinski definition) is 3. The van der Waals surface area contributed by atoms with Gasteiger partial charge in [0.05, 0.1) is 6.61 Å². The molecule has 0 bridgehead atoms. The van der Waals surface area contributed by atoms with Gasteiger partial charge in [0, 0.05) is 5.56 Å². The van der Waals surface area contributed by atoms with E-state index in [4.69, 9.17) is 5.11 Å². The summed E-state index contributed by atoms with van der Waals surface area (Å²) in [5.41, 5.74) is 2.93. The van der Waals surface area contributed by atoms with Crippen LogP contribution < -0.4 is 0 Å².